The largest absolute Gasteiger partial charge is 0.385 e. The first-order valence-electron chi connectivity index (χ1n) is 12.4. The highest BCUT2D eigenvalue weighted by Gasteiger charge is 2.41. The average molecular weight is 498 g/mol. The first-order chi connectivity index (χ1) is 16.1. The molecule has 0 spiro atoms. The van der Waals surface area contributed by atoms with Crippen LogP contribution in [0.3, 0.4) is 0 Å². The van der Waals surface area contributed by atoms with Gasteiger partial charge in [-0.15, -0.1) is 0 Å². The van der Waals surface area contributed by atoms with Crippen molar-refractivity contribution in [2.45, 2.75) is 69.6 Å². The van der Waals surface area contributed by atoms with Gasteiger partial charge in [-0.05, 0) is 77.1 Å². The number of rotatable bonds is 13. The maximum atomic E-state index is 13.2. The Labute approximate surface area is 210 Å². The Morgan fingerprint density at radius 2 is 2.09 bits per heavy atom. The van der Waals surface area contributed by atoms with Crippen LogP contribution in [0, 0.1) is 5.92 Å². The predicted octanol–water partition coefficient (Wildman–Crippen LogP) is 4.17. The molecule has 34 heavy (non-hydrogen) atoms. The van der Waals surface area contributed by atoms with E-state index in [1.54, 1.807) is 14.2 Å². The summed E-state index contributed by atoms with van der Waals surface area (Å²) in [5, 5.41) is 19.0. The monoisotopic (exact) mass is 497 g/mol. The second-order valence-electron chi connectivity index (χ2n) is 10.0. The zero-order valence-corrected chi connectivity index (χ0v) is 22.3. The number of halogens is 1. The normalized spacial score (nSPS) is 19.5. The molecule has 1 aliphatic rings. The first-order valence-corrected chi connectivity index (χ1v) is 12.8. The number of amides is 2. The molecule has 0 bridgehead atoms. The third-order valence-corrected chi connectivity index (χ3v) is 7.17. The van der Waals surface area contributed by atoms with Crippen LogP contribution in [0.2, 0.25) is 5.02 Å². The molecule has 1 heterocycles. The minimum atomic E-state index is -1.06. The number of ether oxygens (including phenoxy) is 2. The topological polar surface area (TPSA) is 83.1 Å². The molecule has 1 aromatic carbocycles. The summed E-state index contributed by atoms with van der Waals surface area (Å²) in [6.45, 7) is 6.54. The average Bonchev–Trinajstić information content (AvgIpc) is 2.81. The molecule has 3 atom stereocenters. The van der Waals surface area contributed by atoms with Crippen LogP contribution >= 0.6 is 11.6 Å². The number of urea groups is 1. The molecule has 2 amide bonds. The van der Waals surface area contributed by atoms with Gasteiger partial charge >= 0.3 is 6.03 Å². The second kappa shape index (κ2) is 13.6. The molecule has 1 aliphatic heterocycles. The number of methoxy groups -OCH3 is 2. The summed E-state index contributed by atoms with van der Waals surface area (Å²) in [7, 11) is 5.26. The van der Waals surface area contributed by atoms with Gasteiger partial charge in [0, 0.05) is 57.4 Å². The maximum absolute atomic E-state index is 13.2. The minimum absolute atomic E-state index is 0.0614. The number of hydrogen-bond acceptors (Lipinski definition) is 5. The van der Waals surface area contributed by atoms with Gasteiger partial charge < -0.3 is 30.1 Å². The summed E-state index contributed by atoms with van der Waals surface area (Å²) in [5.41, 5.74) is -0.576. The Hall–Kier alpha value is -1.38. The fourth-order valence-corrected chi connectivity index (χ4v) is 5.09. The number of nitrogens with zero attached hydrogens (tertiary/aromatic N) is 1. The standard InChI is InChI=1S/C26H44ClN3O4/c1-25(2,34-5)17-23(18-28-3)29-24(31)30-14-9-11-21(19-30)26(32,13-6-7-15-33-4)20-10-8-12-22(27)16-20/h8,10,12,16,21,23,28,32H,6-7,9,11,13-15,17-19H2,1-5H3,(H,29,31). The summed E-state index contributed by atoms with van der Waals surface area (Å²) in [4.78, 5) is 15.1. The predicted molar refractivity (Wildman–Crippen MR) is 137 cm³/mol. The smallest absolute Gasteiger partial charge is 0.317 e. The molecule has 0 aliphatic carbocycles. The molecule has 3 unspecified atom stereocenters. The van der Waals surface area contributed by atoms with Crippen LogP contribution in [0.1, 0.15) is 57.9 Å². The van der Waals surface area contributed by atoms with Crippen molar-refractivity contribution in [2.24, 2.45) is 5.92 Å². The molecule has 1 saturated heterocycles. The van der Waals surface area contributed by atoms with E-state index in [0.29, 0.717) is 44.1 Å². The summed E-state index contributed by atoms with van der Waals surface area (Å²) in [5.74, 6) is -0.0776. The lowest BCUT2D eigenvalue weighted by Crippen LogP contribution is -2.54. The Kier molecular flexibility index (Phi) is 11.6. The van der Waals surface area contributed by atoms with Crippen LogP contribution < -0.4 is 10.6 Å². The van der Waals surface area contributed by atoms with Gasteiger partial charge in [0.05, 0.1) is 11.2 Å². The van der Waals surface area contributed by atoms with Crippen molar-refractivity contribution in [1.29, 1.82) is 0 Å². The number of likely N-dealkylation sites (tertiary alicyclic amines) is 1. The third kappa shape index (κ3) is 8.38. The fraction of sp³-hybridized carbons (Fsp3) is 0.731. The third-order valence-electron chi connectivity index (χ3n) is 6.93. The number of unbranched alkanes of at least 4 members (excludes halogenated alkanes) is 1. The van der Waals surface area contributed by atoms with Gasteiger partial charge in [0.25, 0.3) is 0 Å². The van der Waals surface area contributed by atoms with Crippen LogP contribution in [0.25, 0.3) is 0 Å². The maximum Gasteiger partial charge on any atom is 0.317 e. The Balaban J connectivity index is 2.16. The summed E-state index contributed by atoms with van der Waals surface area (Å²) in [6, 6.07) is 7.34. The van der Waals surface area contributed by atoms with Gasteiger partial charge in [-0.1, -0.05) is 23.7 Å². The number of aliphatic hydroxyl groups is 1. The van der Waals surface area contributed by atoms with E-state index < -0.39 is 5.60 Å². The lowest BCUT2D eigenvalue weighted by Gasteiger charge is -2.43. The number of hydrogen-bond donors (Lipinski definition) is 3. The number of likely N-dealkylation sites (N-methyl/N-ethyl adjacent to an activating group) is 1. The summed E-state index contributed by atoms with van der Waals surface area (Å²) < 4.78 is 10.8. The molecule has 3 N–H and O–H groups in total. The lowest BCUT2D eigenvalue weighted by molar-refractivity contribution is -0.0565. The molecule has 7 nitrogen and oxygen atoms in total. The van der Waals surface area contributed by atoms with E-state index in [2.05, 4.69) is 10.6 Å². The zero-order chi connectivity index (χ0) is 25.2. The van der Waals surface area contributed by atoms with E-state index in [-0.39, 0.29) is 23.6 Å². The van der Waals surface area contributed by atoms with Gasteiger partial charge in [-0.25, -0.2) is 4.79 Å². The number of piperidine rings is 1. The van der Waals surface area contributed by atoms with Crippen LogP contribution in [0.15, 0.2) is 24.3 Å². The molecule has 1 fully saturated rings. The molecule has 0 saturated carbocycles. The number of carbonyl (C=O) groups is 1. The molecule has 1 aromatic rings. The molecule has 2 rings (SSSR count). The first kappa shape index (κ1) is 28.9. The van der Waals surface area contributed by atoms with Crippen molar-refractivity contribution >= 4 is 17.6 Å². The molecule has 8 heteroatoms. The van der Waals surface area contributed by atoms with Crippen molar-refractivity contribution < 1.29 is 19.4 Å². The van der Waals surface area contributed by atoms with Crippen molar-refractivity contribution in [3.05, 3.63) is 34.9 Å². The Morgan fingerprint density at radius 1 is 1.32 bits per heavy atom. The van der Waals surface area contributed by atoms with Crippen molar-refractivity contribution in [3.8, 4) is 0 Å². The lowest BCUT2D eigenvalue weighted by atomic mass is 9.74. The molecular formula is C26H44ClN3O4. The van der Waals surface area contributed by atoms with Crippen LogP contribution in [0.4, 0.5) is 4.79 Å². The molecular weight excluding hydrogens is 454 g/mol. The highest BCUT2D eigenvalue weighted by atomic mass is 35.5. The quantitative estimate of drug-likeness (QED) is 0.356. The highest BCUT2D eigenvalue weighted by molar-refractivity contribution is 6.30. The number of benzene rings is 1. The van der Waals surface area contributed by atoms with E-state index in [4.69, 9.17) is 21.1 Å². The van der Waals surface area contributed by atoms with E-state index in [1.807, 2.05) is 50.1 Å². The van der Waals surface area contributed by atoms with Crippen LogP contribution in [0.5, 0.6) is 0 Å². The second-order valence-corrected chi connectivity index (χ2v) is 10.5. The van der Waals surface area contributed by atoms with Gasteiger partial charge in [0.2, 0.25) is 0 Å². The molecule has 0 aromatic heterocycles. The minimum Gasteiger partial charge on any atom is -0.385 e. The van der Waals surface area contributed by atoms with Gasteiger partial charge in [0.1, 0.15) is 0 Å². The number of nitrogens with one attached hydrogen (secondary N) is 2. The van der Waals surface area contributed by atoms with E-state index >= 15 is 0 Å². The number of carbonyl (C=O) groups excluding carboxylic acids is 1. The van der Waals surface area contributed by atoms with Crippen LogP contribution in [-0.2, 0) is 15.1 Å². The fourth-order valence-electron chi connectivity index (χ4n) is 4.90. The molecule has 194 valence electrons. The van der Waals surface area contributed by atoms with E-state index in [9.17, 15) is 9.90 Å². The van der Waals surface area contributed by atoms with Gasteiger partial charge in [-0.2, -0.15) is 0 Å². The van der Waals surface area contributed by atoms with Crippen LogP contribution in [-0.4, -0.2) is 75.2 Å². The van der Waals surface area contributed by atoms with Crippen molar-refractivity contribution in [2.75, 3.05) is 47.5 Å². The SMILES string of the molecule is CNCC(CC(C)(C)OC)NC(=O)N1CCCC(C(O)(CCCCOC)c2cccc(Cl)c2)C1. The summed E-state index contributed by atoms with van der Waals surface area (Å²) in [6.07, 6.45) is 4.70. The Bertz CT molecular complexity index is 763. The highest BCUT2D eigenvalue weighted by Crippen LogP contribution is 2.40. The van der Waals surface area contributed by atoms with Crippen molar-refractivity contribution in [3.63, 3.8) is 0 Å². The molecule has 0 radical (unpaired) electrons. The van der Waals surface area contributed by atoms with Crippen molar-refractivity contribution in [1.82, 2.24) is 15.5 Å². The van der Waals surface area contributed by atoms with Gasteiger partial charge in [0.15, 0.2) is 0 Å². The Morgan fingerprint density at radius 3 is 2.74 bits per heavy atom. The van der Waals surface area contributed by atoms with E-state index in [0.717, 1.165) is 31.2 Å². The van der Waals surface area contributed by atoms with Gasteiger partial charge in [-0.3, -0.25) is 0 Å². The summed E-state index contributed by atoms with van der Waals surface area (Å²) >= 11 is 6.28. The van der Waals surface area contributed by atoms with E-state index in [1.165, 1.54) is 0 Å². The zero-order valence-electron chi connectivity index (χ0n) is 21.5.